The molecular weight excluding hydrogens is 496 g/mol. The summed E-state index contributed by atoms with van der Waals surface area (Å²) in [7, 11) is 0. The number of anilines is 1. The summed E-state index contributed by atoms with van der Waals surface area (Å²) in [5.41, 5.74) is 5.77. The summed E-state index contributed by atoms with van der Waals surface area (Å²) in [6, 6.07) is 23.0. The van der Waals surface area contributed by atoms with E-state index in [9.17, 15) is 9.90 Å². The Bertz CT molecular complexity index is 1310. The molecule has 1 aliphatic heterocycles. The second-order valence-electron chi connectivity index (χ2n) is 11.1. The summed E-state index contributed by atoms with van der Waals surface area (Å²) in [4.78, 5) is 16.7. The first-order valence-corrected chi connectivity index (χ1v) is 13.7. The fourth-order valence-corrected chi connectivity index (χ4v) is 5.61. The molecule has 5 nitrogen and oxygen atoms in total. The maximum absolute atomic E-state index is 11.8. The molecule has 1 heterocycles. The van der Waals surface area contributed by atoms with Gasteiger partial charge in [-0.3, -0.25) is 4.90 Å². The van der Waals surface area contributed by atoms with Crippen LogP contribution in [0.25, 0.3) is 5.57 Å². The second kappa shape index (κ2) is 11.2. The van der Waals surface area contributed by atoms with Crippen LogP contribution in [0.4, 0.5) is 5.69 Å². The molecule has 5 rings (SSSR count). The number of hydrogen-bond acceptors (Lipinski definition) is 4. The van der Waals surface area contributed by atoms with Crippen molar-refractivity contribution in [3.8, 4) is 11.5 Å². The van der Waals surface area contributed by atoms with Gasteiger partial charge in [0, 0.05) is 49.5 Å². The zero-order valence-electron chi connectivity index (χ0n) is 22.1. The molecule has 0 saturated carbocycles. The zero-order valence-corrected chi connectivity index (χ0v) is 22.9. The third kappa shape index (κ3) is 6.23. The molecular formula is C32H35ClN2O3. The fraction of sp³-hybridized carbons (Fsp3) is 0.344. The van der Waals surface area contributed by atoms with Gasteiger partial charge in [0.15, 0.2) is 0 Å². The summed E-state index contributed by atoms with van der Waals surface area (Å²) < 4.78 is 5.97. The van der Waals surface area contributed by atoms with E-state index in [0.29, 0.717) is 16.9 Å². The minimum absolute atomic E-state index is 0.165. The number of aromatic carboxylic acids is 1. The van der Waals surface area contributed by atoms with Crippen LogP contribution in [0.15, 0.2) is 78.4 Å². The molecule has 0 spiro atoms. The van der Waals surface area contributed by atoms with Gasteiger partial charge in [-0.25, -0.2) is 4.79 Å². The van der Waals surface area contributed by atoms with Gasteiger partial charge in [0.05, 0.1) is 0 Å². The Morgan fingerprint density at radius 3 is 2.37 bits per heavy atom. The van der Waals surface area contributed by atoms with Crippen LogP contribution in [0.2, 0.25) is 5.02 Å². The van der Waals surface area contributed by atoms with E-state index in [1.54, 1.807) is 11.6 Å². The van der Waals surface area contributed by atoms with E-state index < -0.39 is 5.97 Å². The quantitative estimate of drug-likeness (QED) is 0.340. The predicted molar refractivity (Wildman–Crippen MR) is 155 cm³/mol. The molecule has 0 amide bonds. The number of piperazine rings is 1. The molecule has 0 aromatic heterocycles. The molecule has 1 aliphatic carbocycles. The Morgan fingerprint density at radius 1 is 0.974 bits per heavy atom. The number of rotatable bonds is 7. The lowest BCUT2D eigenvalue weighted by Gasteiger charge is -2.39. The van der Waals surface area contributed by atoms with Gasteiger partial charge in [-0.05, 0) is 72.2 Å². The summed E-state index contributed by atoms with van der Waals surface area (Å²) in [5.74, 6) is -0.00340. The summed E-state index contributed by atoms with van der Waals surface area (Å²) in [5, 5.41) is 10.4. The molecule has 1 saturated heterocycles. The Morgan fingerprint density at radius 2 is 1.68 bits per heavy atom. The fourth-order valence-electron chi connectivity index (χ4n) is 5.48. The van der Waals surface area contributed by atoms with Crippen LogP contribution in [0.1, 0.15) is 49.0 Å². The number of carbonyl (C=O) groups is 1. The smallest absolute Gasteiger partial charge is 0.339 e. The lowest BCUT2D eigenvalue weighted by atomic mass is 9.72. The van der Waals surface area contributed by atoms with Crippen molar-refractivity contribution in [3.05, 3.63) is 94.5 Å². The molecule has 0 radical (unpaired) electrons. The maximum Gasteiger partial charge on any atom is 0.339 e. The molecule has 0 unspecified atom stereocenters. The number of hydrogen-bond donors (Lipinski definition) is 1. The van der Waals surface area contributed by atoms with E-state index in [0.717, 1.165) is 56.3 Å². The monoisotopic (exact) mass is 530 g/mol. The average molecular weight is 531 g/mol. The number of nitrogens with zero attached hydrogens (tertiary/aromatic N) is 2. The number of allylic oxidation sites excluding steroid dienone is 1. The van der Waals surface area contributed by atoms with Crippen molar-refractivity contribution >= 4 is 28.8 Å². The standard InChI is InChI=1S/C32H35ClN2O3/c1-32(2)15-14-24(29(21-32)23-8-10-25(33)11-9-23)22-34-16-18-35(19-17-34)26-12-13-28(31(36)37)30(20-26)38-27-6-4-3-5-7-27/h3-13,20H,14-19,21-22H2,1-2H3,(H,36,37). The number of para-hydroxylation sites is 1. The van der Waals surface area contributed by atoms with Gasteiger partial charge in [-0.1, -0.05) is 61.4 Å². The second-order valence-corrected chi connectivity index (χ2v) is 11.5. The van der Waals surface area contributed by atoms with Crippen LogP contribution < -0.4 is 9.64 Å². The largest absolute Gasteiger partial charge is 0.478 e. The van der Waals surface area contributed by atoms with Crippen molar-refractivity contribution < 1.29 is 14.6 Å². The van der Waals surface area contributed by atoms with Gasteiger partial charge in [-0.2, -0.15) is 0 Å². The van der Waals surface area contributed by atoms with Gasteiger partial charge in [-0.15, -0.1) is 0 Å². The Balaban J connectivity index is 1.29. The first-order chi connectivity index (χ1) is 18.3. The Kier molecular flexibility index (Phi) is 7.78. The van der Waals surface area contributed by atoms with Crippen LogP contribution in [-0.4, -0.2) is 48.7 Å². The summed E-state index contributed by atoms with van der Waals surface area (Å²) >= 11 is 6.17. The van der Waals surface area contributed by atoms with Gasteiger partial charge >= 0.3 is 5.97 Å². The third-order valence-electron chi connectivity index (χ3n) is 7.70. The van der Waals surface area contributed by atoms with Crippen LogP contribution in [0.3, 0.4) is 0 Å². The SMILES string of the molecule is CC1(C)CCC(CN2CCN(c3ccc(C(=O)O)c(Oc4ccccc4)c3)CC2)=C(c2ccc(Cl)cc2)C1. The van der Waals surface area contributed by atoms with Crippen molar-refractivity contribution in [2.75, 3.05) is 37.6 Å². The molecule has 3 aromatic carbocycles. The topological polar surface area (TPSA) is 53.0 Å². The Labute approximate surface area is 230 Å². The van der Waals surface area contributed by atoms with Crippen molar-refractivity contribution in [1.29, 1.82) is 0 Å². The molecule has 1 N–H and O–H groups in total. The third-order valence-corrected chi connectivity index (χ3v) is 7.95. The van der Waals surface area contributed by atoms with E-state index in [1.807, 2.05) is 54.6 Å². The number of ether oxygens (including phenoxy) is 1. The highest BCUT2D eigenvalue weighted by Crippen LogP contribution is 2.43. The zero-order chi connectivity index (χ0) is 26.7. The summed E-state index contributed by atoms with van der Waals surface area (Å²) in [6.07, 6.45) is 3.42. The van der Waals surface area contributed by atoms with Gasteiger partial charge in [0.2, 0.25) is 0 Å². The molecule has 0 bridgehead atoms. The van der Waals surface area contributed by atoms with Crippen molar-refractivity contribution in [2.45, 2.75) is 33.1 Å². The lowest BCUT2D eigenvalue weighted by Crippen LogP contribution is -2.47. The minimum Gasteiger partial charge on any atom is -0.478 e. The number of carboxylic acids is 1. The van der Waals surface area contributed by atoms with E-state index in [1.165, 1.54) is 17.6 Å². The number of benzene rings is 3. The van der Waals surface area contributed by atoms with Crippen molar-refractivity contribution in [2.24, 2.45) is 5.41 Å². The molecule has 38 heavy (non-hydrogen) atoms. The highest BCUT2D eigenvalue weighted by molar-refractivity contribution is 6.30. The highest BCUT2D eigenvalue weighted by atomic mass is 35.5. The Hall–Kier alpha value is -3.28. The van der Waals surface area contributed by atoms with E-state index in [2.05, 4.69) is 35.8 Å². The molecule has 6 heteroatoms. The van der Waals surface area contributed by atoms with Crippen LogP contribution >= 0.6 is 11.6 Å². The van der Waals surface area contributed by atoms with Crippen molar-refractivity contribution in [1.82, 2.24) is 4.90 Å². The van der Waals surface area contributed by atoms with Gasteiger partial charge in [0.1, 0.15) is 17.1 Å². The number of carboxylic acid groups (broad SMARTS) is 1. The lowest BCUT2D eigenvalue weighted by molar-refractivity contribution is 0.0694. The van der Waals surface area contributed by atoms with E-state index >= 15 is 0 Å². The molecule has 2 aliphatic rings. The van der Waals surface area contributed by atoms with Crippen molar-refractivity contribution in [3.63, 3.8) is 0 Å². The average Bonchev–Trinajstić information content (AvgIpc) is 2.91. The van der Waals surface area contributed by atoms with Gasteiger partial charge < -0.3 is 14.7 Å². The molecule has 198 valence electrons. The van der Waals surface area contributed by atoms with Crippen LogP contribution in [0, 0.1) is 5.41 Å². The van der Waals surface area contributed by atoms with E-state index in [4.69, 9.17) is 16.3 Å². The summed E-state index contributed by atoms with van der Waals surface area (Å²) in [6.45, 7) is 9.39. The highest BCUT2D eigenvalue weighted by Gasteiger charge is 2.29. The molecule has 1 fully saturated rings. The first kappa shape index (κ1) is 26.3. The minimum atomic E-state index is -0.993. The molecule has 0 atom stereocenters. The first-order valence-electron chi connectivity index (χ1n) is 13.3. The molecule has 3 aromatic rings. The van der Waals surface area contributed by atoms with E-state index in [-0.39, 0.29) is 5.56 Å². The van der Waals surface area contributed by atoms with Gasteiger partial charge in [0.25, 0.3) is 0 Å². The normalized spacial score (nSPS) is 17.9. The maximum atomic E-state index is 11.8. The van der Waals surface area contributed by atoms with Crippen LogP contribution in [0.5, 0.6) is 11.5 Å². The number of halogens is 1. The predicted octanol–water partition coefficient (Wildman–Crippen LogP) is 7.62. The van der Waals surface area contributed by atoms with Crippen LogP contribution in [-0.2, 0) is 0 Å².